The van der Waals surface area contributed by atoms with Crippen LogP contribution in [0.1, 0.15) is 18.4 Å². The average Bonchev–Trinajstić information content (AvgIpc) is 3.14. The van der Waals surface area contributed by atoms with E-state index in [2.05, 4.69) is 10.6 Å². The third kappa shape index (κ3) is 5.75. The quantitative estimate of drug-likeness (QED) is 0.486. The minimum Gasteiger partial charge on any atom is -0.326 e. The number of hydrogen-bond donors (Lipinski definition) is 3. The molecule has 0 aromatic heterocycles. The van der Waals surface area contributed by atoms with Gasteiger partial charge in [0.15, 0.2) is 0 Å². The lowest BCUT2D eigenvalue weighted by Crippen LogP contribution is -2.45. The van der Waals surface area contributed by atoms with Gasteiger partial charge in [0, 0.05) is 29.2 Å². The Morgan fingerprint density at radius 1 is 1.19 bits per heavy atom. The normalized spacial score (nSPS) is 21.9. The van der Waals surface area contributed by atoms with Crippen LogP contribution in [0.2, 0.25) is 5.02 Å². The van der Waals surface area contributed by atoms with Crippen LogP contribution in [-0.2, 0) is 14.8 Å². The number of anilines is 2. The van der Waals surface area contributed by atoms with Gasteiger partial charge in [-0.2, -0.15) is 4.72 Å². The topological polar surface area (TPSA) is 108 Å². The molecule has 2 aromatic rings. The van der Waals surface area contributed by atoms with E-state index in [1.54, 1.807) is 30.3 Å². The summed E-state index contributed by atoms with van der Waals surface area (Å²) in [5, 5.41) is 5.69. The van der Waals surface area contributed by atoms with Crippen molar-refractivity contribution in [2.75, 3.05) is 23.0 Å². The summed E-state index contributed by atoms with van der Waals surface area (Å²) in [7, 11) is -3.89. The number of sulfonamides is 1. The van der Waals surface area contributed by atoms with Crippen LogP contribution in [-0.4, -0.2) is 45.0 Å². The van der Waals surface area contributed by atoms with Crippen LogP contribution in [0.4, 0.5) is 25.0 Å². The second-order valence-electron chi connectivity index (χ2n) is 8.49. The smallest absolute Gasteiger partial charge is 0.319 e. The number of rotatable bonds is 6. The molecule has 0 bridgehead atoms. The first kappa shape index (κ1) is 25.8. The number of benzene rings is 2. The number of hydrogen-bond acceptors (Lipinski definition) is 4. The lowest BCUT2D eigenvalue weighted by atomic mass is 9.90. The Labute approximate surface area is 212 Å². The highest BCUT2D eigenvalue weighted by Gasteiger charge is 2.39. The molecule has 1 aliphatic carbocycles. The first-order chi connectivity index (χ1) is 16.9. The molecule has 0 saturated carbocycles. The zero-order valence-corrected chi connectivity index (χ0v) is 20.7. The number of nitrogens with zero attached hydrogens (tertiary/aromatic N) is 1. The van der Waals surface area contributed by atoms with Crippen LogP contribution >= 0.6 is 11.6 Å². The summed E-state index contributed by atoms with van der Waals surface area (Å²) < 4.78 is 56.0. The fourth-order valence-corrected chi connectivity index (χ4v) is 5.06. The lowest BCUT2D eigenvalue weighted by Gasteiger charge is -2.30. The summed E-state index contributed by atoms with van der Waals surface area (Å²) in [6.07, 6.45) is 5.23. The maximum absolute atomic E-state index is 15.5. The van der Waals surface area contributed by atoms with Crippen LogP contribution in [0, 0.1) is 5.82 Å². The molecule has 2 aromatic carbocycles. The number of carbonyl (C=O) groups is 2. The fraction of sp³-hybridized carbons (Fsp3) is 0.250. The van der Waals surface area contributed by atoms with E-state index in [0.717, 1.165) is 12.3 Å². The van der Waals surface area contributed by atoms with Crippen molar-refractivity contribution in [2.24, 2.45) is 0 Å². The molecule has 2 aliphatic rings. The van der Waals surface area contributed by atoms with Gasteiger partial charge in [-0.25, -0.2) is 22.0 Å². The maximum atomic E-state index is 15.5. The number of carbonyl (C=O) groups excluding carboxylic acids is 2. The fourth-order valence-electron chi connectivity index (χ4n) is 4.16. The van der Waals surface area contributed by atoms with Crippen molar-refractivity contribution in [2.45, 2.75) is 24.7 Å². The molecule has 0 radical (unpaired) electrons. The zero-order chi connectivity index (χ0) is 26.1. The van der Waals surface area contributed by atoms with E-state index < -0.39 is 39.6 Å². The molecule has 1 fully saturated rings. The Balaban J connectivity index is 1.47. The van der Waals surface area contributed by atoms with Crippen LogP contribution in [0.3, 0.4) is 0 Å². The highest BCUT2D eigenvalue weighted by Crippen LogP contribution is 2.37. The number of amides is 3. The highest BCUT2D eigenvalue weighted by atomic mass is 35.5. The van der Waals surface area contributed by atoms with Gasteiger partial charge >= 0.3 is 6.03 Å². The average molecular weight is 537 g/mol. The predicted molar refractivity (Wildman–Crippen MR) is 134 cm³/mol. The van der Waals surface area contributed by atoms with Crippen LogP contribution in [0.5, 0.6) is 0 Å². The Morgan fingerprint density at radius 2 is 1.92 bits per heavy atom. The van der Waals surface area contributed by atoms with Gasteiger partial charge in [0.2, 0.25) is 21.7 Å². The third-order valence-electron chi connectivity index (χ3n) is 5.73. The summed E-state index contributed by atoms with van der Waals surface area (Å²) in [6, 6.07) is 8.78. The molecule has 3 amide bonds. The third-order valence-corrected chi connectivity index (χ3v) is 6.68. The molecule has 4 rings (SSSR count). The van der Waals surface area contributed by atoms with Gasteiger partial charge < -0.3 is 15.5 Å². The van der Waals surface area contributed by atoms with Crippen molar-refractivity contribution in [3.05, 3.63) is 77.1 Å². The van der Waals surface area contributed by atoms with Gasteiger partial charge in [0.05, 0.1) is 11.9 Å². The van der Waals surface area contributed by atoms with Crippen LogP contribution in [0.25, 0.3) is 5.57 Å². The Hall–Kier alpha value is -3.28. The molecule has 2 atom stereocenters. The van der Waals surface area contributed by atoms with Gasteiger partial charge in [-0.15, -0.1) is 0 Å². The standard InChI is InChI=1S/C24H23ClF2N4O4S/c1-36(34,35)30-24(27)12-3-2-4-18(24)15-5-10-21(19(26)14-15)31-13-11-20(22(31)32)29-23(33)28-17-8-6-16(25)7-9-17/h2-10,14,20,30H,11-13H2,1H3,(H2,28,29,33)/t20?,24-/m0/s1. The Bertz CT molecular complexity index is 1360. The number of alkyl halides is 1. The number of halogens is 3. The molecule has 1 saturated heterocycles. The summed E-state index contributed by atoms with van der Waals surface area (Å²) in [5.74, 6) is -3.72. The summed E-state index contributed by atoms with van der Waals surface area (Å²) >= 11 is 5.82. The molecule has 8 nitrogen and oxygen atoms in total. The number of allylic oxidation sites excluding steroid dienone is 2. The van der Waals surface area contributed by atoms with Gasteiger partial charge in [-0.05, 0) is 48.4 Å². The first-order valence-electron chi connectivity index (χ1n) is 10.9. The van der Waals surface area contributed by atoms with Gasteiger partial charge in [-0.1, -0.05) is 35.9 Å². The second kappa shape index (κ2) is 10.00. The molecule has 1 aliphatic heterocycles. The van der Waals surface area contributed by atoms with E-state index in [0.29, 0.717) is 10.7 Å². The molecule has 3 N–H and O–H groups in total. The molecule has 36 heavy (non-hydrogen) atoms. The minimum atomic E-state index is -3.89. The monoisotopic (exact) mass is 536 g/mol. The lowest BCUT2D eigenvalue weighted by molar-refractivity contribution is -0.118. The SMILES string of the molecule is CS(=O)(=O)N[C@@]1(F)CC=CC=C1c1ccc(N2CCC(NC(=O)Nc3ccc(Cl)cc3)C2=O)c(F)c1. The highest BCUT2D eigenvalue weighted by molar-refractivity contribution is 7.88. The molecular formula is C24H23ClF2N4O4S. The predicted octanol–water partition coefficient (Wildman–Crippen LogP) is 3.96. The van der Waals surface area contributed by atoms with E-state index >= 15 is 8.78 Å². The van der Waals surface area contributed by atoms with E-state index in [4.69, 9.17) is 11.6 Å². The van der Waals surface area contributed by atoms with Crippen molar-refractivity contribution in [1.29, 1.82) is 0 Å². The minimum absolute atomic E-state index is 0.0290. The van der Waals surface area contributed by atoms with Crippen molar-refractivity contribution in [3.63, 3.8) is 0 Å². The molecule has 1 unspecified atom stereocenters. The molecule has 1 heterocycles. The maximum Gasteiger partial charge on any atom is 0.319 e. The molecular weight excluding hydrogens is 514 g/mol. The molecule has 12 heteroatoms. The van der Waals surface area contributed by atoms with E-state index in [9.17, 15) is 18.0 Å². The second-order valence-corrected chi connectivity index (χ2v) is 10.7. The van der Waals surface area contributed by atoms with Crippen molar-refractivity contribution in [1.82, 2.24) is 10.0 Å². The first-order valence-corrected chi connectivity index (χ1v) is 13.2. The summed E-state index contributed by atoms with van der Waals surface area (Å²) in [5.41, 5.74) is 0.538. The summed E-state index contributed by atoms with van der Waals surface area (Å²) in [6.45, 7) is 0.162. The van der Waals surface area contributed by atoms with Crippen molar-refractivity contribution < 1.29 is 26.8 Å². The van der Waals surface area contributed by atoms with Gasteiger partial charge in [-0.3, -0.25) is 4.79 Å². The Kier molecular flexibility index (Phi) is 7.17. The number of nitrogens with one attached hydrogen (secondary N) is 3. The van der Waals surface area contributed by atoms with Gasteiger partial charge in [0.25, 0.3) is 0 Å². The number of urea groups is 1. The van der Waals surface area contributed by atoms with Crippen molar-refractivity contribution >= 4 is 50.5 Å². The van der Waals surface area contributed by atoms with Crippen LogP contribution in [0.15, 0.2) is 60.7 Å². The van der Waals surface area contributed by atoms with E-state index in [1.807, 2.05) is 4.72 Å². The van der Waals surface area contributed by atoms with Crippen molar-refractivity contribution in [3.8, 4) is 0 Å². The zero-order valence-electron chi connectivity index (χ0n) is 19.1. The van der Waals surface area contributed by atoms with Gasteiger partial charge in [0.1, 0.15) is 11.9 Å². The Morgan fingerprint density at radius 3 is 2.58 bits per heavy atom. The largest absolute Gasteiger partial charge is 0.326 e. The van der Waals surface area contributed by atoms with E-state index in [1.165, 1.54) is 29.2 Å². The molecule has 0 spiro atoms. The molecule has 190 valence electrons. The van der Waals surface area contributed by atoms with E-state index in [-0.39, 0.29) is 36.2 Å². The summed E-state index contributed by atoms with van der Waals surface area (Å²) in [4.78, 5) is 26.4. The van der Waals surface area contributed by atoms with Crippen LogP contribution < -0.4 is 20.3 Å².